The minimum atomic E-state index is 0.317. The first-order valence-electron chi connectivity index (χ1n) is 7.35. The van der Waals surface area contributed by atoms with Crippen LogP contribution in [0.3, 0.4) is 0 Å². The number of ketones is 1. The molecule has 2 aromatic carbocycles. The molecular formula is C18H20O. The fraction of sp³-hybridized carbons (Fsp3) is 0.389. The van der Waals surface area contributed by atoms with Gasteiger partial charge >= 0.3 is 0 Å². The van der Waals surface area contributed by atoms with Crippen molar-refractivity contribution in [3.8, 4) is 0 Å². The third kappa shape index (κ3) is 2.86. The Bertz CT molecular complexity index is 579. The van der Waals surface area contributed by atoms with E-state index in [9.17, 15) is 4.79 Å². The standard InChI is InChI=1S/C18H20O/c19-18(12-14-6-2-1-3-7-14)17-11-10-15-8-4-5-9-16(15)13-17/h4-5,8-11,13-14H,1-3,6-7,12H2. The summed E-state index contributed by atoms with van der Waals surface area (Å²) in [6.07, 6.45) is 7.16. The Hall–Kier alpha value is -1.63. The van der Waals surface area contributed by atoms with Crippen molar-refractivity contribution in [1.82, 2.24) is 0 Å². The molecule has 0 aliphatic heterocycles. The Morgan fingerprint density at radius 2 is 1.68 bits per heavy atom. The number of carbonyl (C=O) groups excluding carboxylic acids is 1. The Balaban J connectivity index is 1.77. The lowest BCUT2D eigenvalue weighted by atomic mass is 9.84. The highest BCUT2D eigenvalue weighted by Gasteiger charge is 2.18. The Kier molecular flexibility index (Phi) is 3.63. The molecule has 0 atom stereocenters. The maximum atomic E-state index is 12.4. The van der Waals surface area contributed by atoms with Gasteiger partial charge in [0, 0.05) is 12.0 Å². The number of benzene rings is 2. The summed E-state index contributed by atoms with van der Waals surface area (Å²) < 4.78 is 0. The average Bonchev–Trinajstić information content (AvgIpc) is 2.48. The molecule has 1 fully saturated rings. The summed E-state index contributed by atoms with van der Waals surface area (Å²) in [4.78, 5) is 12.4. The van der Waals surface area contributed by atoms with Gasteiger partial charge in [0.05, 0.1) is 0 Å². The maximum absolute atomic E-state index is 12.4. The van der Waals surface area contributed by atoms with Gasteiger partial charge < -0.3 is 0 Å². The lowest BCUT2D eigenvalue weighted by molar-refractivity contribution is 0.0950. The zero-order valence-corrected chi connectivity index (χ0v) is 11.3. The first kappa shape index (κ1) is 12.4. The number of fused-ring (bicyclic) bond motifs is 1. The van der Waals surface area contributed by atoms with Gasteiger partial charge in [0.1, 0.15) is 0 Å². The van der Waals surface area contributed by atoms with Crippen LogP contribution in [0.2, 0.25) is 0 Å². The van der Waals surface area contributed by atoms with Crippen LogP contribution in [-0.2, 0) is 0 Å². The second kappa shape index (κ2) is 5.56. The second-order valence-electron chi connectivity index (χ2n) is 5.69. The quantitative estimate of drug-likeness (QED) is 0.703. The highest BCUT2D eigenvalue weighted by molar-refractivity contribution is 6.00. The normalized spacial score (nSPS) is 16.6. The van der Waals surface area contributed by atoms with E-state index in [-0.39, 0.29) is 0 Å². The van der Waals surface area contributed by atoms with Gasteiger partial charge in [0.25, 0.3) is 0 Å². The topological polar surface area (TPSA) is 17.1 Å². The fourth-order valence-corrected chi connectivity index (χ4v) is 3.13. The first-order valence-corrected chi connectivity index (χ1v) is 7.35. The SMILES string of the molecule is O=C(CC1CCCCC1)c1ccc2ccccc2c1. The zero-order valence-electron chi connectivity index (χ0n) is 11.3. The van der Waals surface area contributed by atoms with Crippen LogP contribution in [0, 0.1) is 5.92 Å². The largest absolute Gasteiger partial charge is 0.294 e. The number of rotatable bonds is 3. The summed E-state index contributed by atoms with van der Waals surface area (Å²) in [5.41, 5.74) is 0.879. The van der Waals surface area contributed by atoms with Crippen LogP contribution in [-0.4, -0.2) is 5.78 Å². The van der Waals surface area contributed by atoms with Crippen LogP contribution in [0.15, 0.2) is 42.5 Å². The molecule has 0 N–H and O–H groups in total. The number of Topliss-reactive ketones (excluding diaryl/α,β-unsaturated/α-hetero) is 1. The molecule has 0 unspecified atom stereocenters. The molecule has 19 heavy (non-hydrogen) atoms. The van der Waals surface area contributed by atoms with Crippen LogP contribution in [0.25, 0.3) is 10.8 Å². The van der Waals surface area contributed by atoms with Crippen molar-refractivity contribution in [3.63, 3.8) is 0 Å². The highest BCUT2D eigenvalue weighted by Crippen LogP contribution is 2.28. The van der Waals surface area contributed by atoms with E-state index in [2.05, 4.69) is 18.2 Å². The lowest BCUT2D eigenvalue weighted by Gasteiger charge is -2.20. The van der Waals surface area contributed by atoms with Gasteiger partial charge in [0.15, 0.2) is 5.78 Å². The van der Waals surface area contributed by atoms with Gasteiger partial charge in [-0.3, -0.25) is 4.79 Å². The molecule has 1 aliphatic carbocycles. The van der Waals surface area contributed by atoms with E-state index in [0.29, 0.717) is 11.7 Å². The minimum absolute atomic E-state index is 0.317. The Morgan fingerprint density at radius 1 is 0.947 bits per heavy atom. The molecular weight excluding hydrogens is 232 g/mol. The number of hydrogen-bond acceptors (Lipinski definition) is 1. The van der Waals surface area contributed by atoms with E-state index >= 15 is 0 Å². The van der Waals surface area contributed by atoms with E-state index in [4.69, 9.17) is 0 Å². The summed E-state index contributed by atoms with van der Waals surface area (Å²) in [7, 11) is 0. The molecule has 1 nitrogen and oxygen atoms in total. The van der Waals surface area contributed by atoms with Crippen molar-refractivity contribution in [2.75, 3.05) is 0 Å². The monoisotopic (exact) mass is 252 g/mol. The van der Waals surface area contributed by atoms with E-state index in [1.807, 2.05) is 24.3 Å². The summed E-state index contributed by atoms with van der Waals surface area (Å²) in [6, 6.07) is 14.3. The average molecular weight is 252 g/mol. The van der Waals surface area contributed by atoms with Crippen molar-refractivity contribution in [1.29, 1.82) is 0 Å². The van der Waals surface area contributed by atoms with E-state index in [1.54, 1.807) is 0 Å². The number of hydrogen-bond donors (Lipinski definition) is 0. The molecule has 0 bridgehead atoms. The van der Waals surface area contributed by atoms with Crippen LogP contribution >= 0.6 is 0 Å². The van der Waals surface area contributed by atoms with Gasteiger partial charge in [-0.1, -0.05) is 68.5 Å². The van der Waals surface area contributed by atoms with Crippen LogP contribution in [0.1, 0.15) is 48.9 Å². The minimum Gasteiger partial charge on any atom is -0.294 e. The van der Waals surface area contributed by atoms with E-state index in [0.717, 1.165) is 17.4 Å². The zero-order chi connectivity index (χ0) is 13.1. The first-order chi connectivity index (χ1) is 9.33. The molecule has 1 heteroatoms. The second-order valence-corrected chi connectivity index (χ2v) is 5.69. The molecule has 0 spiro atoms. The molecule has 1 saturated carbocycles. The summed E-state index contributed by atoms with van der Waals surface area (Å²) >= 11 is 0. The van der Waals surface area contributed by atoms with Crippen LogP contribution < -0.4 is 0 Å². The van der Waals surface area contributed by atoms with Gasteiger partial charge in [-0.15, -0.1) is 0 Å². The molecule has 0 saturated heterocycles. The Labute approximate surface area is 114 Å². The molecule has 0 radical (unpaired) electrons. The smallest absolute Gasteiger partial charge is 0.163 e. The van der Waals surface area contributed by atoms with Crippen molar-refractivity contribution in [2.45, 2.75) is 38.5 Å². The van der Waals surface area contributed by atoms with Gasteiger partial charge in [-0.05, 0) is 22.8 Å². The van der Waals surface area contributed by atoms with Crippen molar-refractivity contribution in [2.24, 2.45) is 5.92 Å². The molecule has 0 amide bonds. The van der Waals surface area contributed by atoms with Crippen molar-refractivity contribution in [3.05, 3.63) is 48.0 Å². The molecule has 0 aromatic heterocycles. The third-order valence-electron chi connectivity index (χ3n) is 4.27. The predicted molar refractivity (Wildman–Crippen MR) is 79.5 cm³/mol. The third-order valence-corrected chi connectivity index (χ3v) is 4.27. The predicted octanol–water partition coefficient (Wildman–Crippen LogP) is 4.99. The molecule has 2 aromatic rings. The van der Waals surface area contributed by atoms with E-state index < -0.39 is 0 Å². The molecule has 3 rings (SSSR count). The van der Waals surface area contributed by atoms with Crippen LogP contribution in [0.4, 0.5) is 0 Å². The summed E-state index contributed by atoms with van der Waals surface area (Å²) in [5, 5.41) is 2.37. The van der Waals surface area contributed by atoms with Gasteiger partial charge in [-0.2, -0.15) is 0 Å². The highest BCUT2D eigenvalue weighted by atomic mass is 16.1. The van der Waals surface area contributed by atoms with Crippen molar-refractivity contribution < 1.29 is 4.79 Å². The molecule has 98 valence electrons. The molecule has 0 heterocycles. The summed E-state index contributed by atoms with van der Waals surface area (Å²) in [6.45, 7) is 0. The van der Waals surface area contributed by atoms with Crippen LogP contribution in [0.5, 0.6) is 0 Å². The van der Waals surface area contributed by atoms with Gasteiger partial charge in [0.2, 0.25) is 0 Å². The van der Waals surface area contributed by atoms with E-state index in [1.165, 1.54) is 37.5 Å². The molecule has 1 aliphatic rings. The summed E-state index contributed by atoms with van der Waals surface area (Å²) in [5.74, 6) is 0.936. The fourth-order valence-electron chi connectivity index (χ4n) is 3.13. The maximum Gasteiger partial charge on any atom is 0.163 e. The lowest BCUT2D eigenvalue weighted by Crippen LogP contribution is -2.12. The van der Waals surface area contributed by atoms with Crippen molar-refractivity contribution >= 4 is 16.6 Å². The van der Waals surface area contributed by atoms with Gasteiger partial charge in [-0.25, -0.2) is 0 Å². The number of carbonyl (C=O) groups is 1. The Morgan fingerprint density at radius 3 is 2.47 bits per heavy atom.